The molecule has 0 radical (unpaired) electrons. The smallest absolute Gasteiger partial charge is 0.0851 e. The Morgan fingerprint density at radius 1 is 0.826 bits per heavy atom. The van der Waals surface area contributed by atoms with Crippen LogP contribution in [-0.4, -0.2) is 8.07 Å². The maximum atomic E-state index is 2.57. The van der Waals surface area contributed by atoms with Crippen LogP contribution < -0.4 is 10.4 Å². The fourth-order valence-electron chi connectivity index (χ4n) is 4.77. The molecule has 0 aromatic heterocycles. The number of benzene rings is 2. The van der Waals surface area contributed by atoms with Gasteiger partial charge < -0.3 is 0 Å². The van der Waals surface area contributed by atoms with E-state index in [-0.39, 0.29) is 0 Å². The molecule has 1 fully saturated rings. The van der Waals surface area contributed by atoms with Gasteiger partial charge in [0.1, 0.15) is 8.07 Å². The third-order valence-corrected chi connectivity index (χ3v) is 10.8. The highest BCUT2D eigenvalue weighted by molar-refractivity contribution is 7.01. The van der Waals surface area contributed by atoms with Crippen LogP contribution in [0.5, 0.6) is 0 Å². The van der Waals surface area contributed by atoms with E-state index in [9.17, 15) is 0 Å². The fraction of sp³-hybridized carbons (Fsp3) is 0.364. The molecule has 0 spiro atoms. The van der Waals surface area contributed by atoms with Gasteiger partial charge in [0.25, 0.3) is 0 Å². The first-order valence-corrected chi connectivity index (χ1v) is 11.8. The highest BCUT2D eigenvalue weighted by atomic mass is 28.3. The van der Waals surface area contributed by atoms with Crippen molar-refractivity contribution in [2.24, 2.45) is 17.8 Å². The molecule has 2 aliphatic carbocycles. The van der Waals surface area contributed by atoms with E-state index in [1.165, 1.54) is 25.3 Å². The van der Waals surface area contributed by atoms with Crippen LogP contribution in [0, 0.1) is 17.8 Å². The summed E-state index contributed by atoms with van der Waals surface area (Å²) in [5.74, 6) is 2.71. The van der Waals surface area contributed by atoms with E-state index in [0.717, 1.165) is 17.8 Å². The number of rotatable bonds is 5. The zero-order valence-electron chi connectivity index (χ0n) is 14.0. The van der Waals surface area contributed by atoms with Crippen molar-refractivity contribution in [2.75, 3.05) is 0 Å². The van der Waals surface area contributed by atoms with Crippen LogP contribution in [-0.2, 0) is 0 Å². The van der Waals surface area contributed by atoms with Crippen molar-refractivity contribution >= 4 is 18.4 Å². The van der Waals surface area contributed by atoms with Crippen molar-refractivity contribution in [2.45, 2.75) is 31.9 Å². The monoisotopic (exact) mass is 318 g/mol. The summed E-state index contributed by atoms with van der Waals surface area (Å²) in [7, 11) is -1.62. The van der Waals surface area contributed by atoms with Crippen LogP contribution in [0.3, 0.4) is 0 Å². The van der Waals surface area contributed by atoms with Crippen LogP contribution in [0.2, 0.25) is 12.6 Å². The first-order chi connectivity index (χ1) is 11.3. The van der Waals surface area contributed by atoms with E-state index in [4.69, 9.17) is 0 Å². The van der Waals surface area contributed by atoms with Crippen molar-refractivity contribution in [1.82, 2.24) is 0 Å². The topological polar surface area (TPSA) is 0 Å². The number of hydrogen-bond acceptors (Lipinski definition) is 0. The molecule has 2 aromatic rings. The van der Waals surface area contributed by atoms with E-state index in [0.29, 0.717) is 0 Å². The Hall–Kier alpha value is -1.60. The minimum absolute atomic E-state index is 0.879. The first kappa shape index (κ1) is 15.0. The van der Waals surface area contributed by atoms with Crippen molar-refractivity contribution in [3.8, 4) is 0 Å². The van der Waals surface area contributed by atoms with Crippen molar-refractivity contribution in [1.29, 1.82) is 0 Å². The Balaban J connectivity index is 1.59. The number of hydrogen-bond donors (Lipinski definition) is 0. The lowest BCUT2D eigenvalue weighted by Gasteiger charge is -2.31. The lowest BCUT2D eigenvalue weighted by atomic mass is 9.91. The van der Waals surface area contributed by atoms with Gasteiger partial charge in [-0.2, -0.15) is 0 Å². The van der Waals surface area contributed by atoms with Crippen LogP contribution >= 0.6 is 0 Å². The van der Waals surface area contributed by atoms with Crippen LogP contribution in [0.15, 0.2) is 72.8 Å². The Morgan fingerprint density at radius 3 is 1.91 bits per heavy atom. The zero-order chi connectivity index (χ0) is 15.7. The molecule has 2 unspecified atom stereocenters. The second kappa shape index (κ2) is 6.12. The average Bonchev–Trinajstić information content (AvgIpc) is 3.24. The lowest BCUT2D eigenvalue weighted by molar-refractivity contribution is 0.433. The standard InChI is InChI=1S/C22H26Si/c1-23(21-8-4-2-5-9-21,22-10-6-3-7-11-22)15-14-20-17-18-12-13-19(20)16-18/h2-13,18-20H,14-17H2,1H3/t18-,19?,20?/m1/s1. The third-order valence-electron chi connectivity index (χ3n) is 6.25. The molecule has 1 heteroatoms. The Kier molecular flexibility index (Phi) is 3.98. The molecule has 23 heavy (non-hydrogen) atoms. The number of allylic oxidation sites excluding steroid dienone is 2. The maximum absolute atomic E-state index is 2.57. The molecule has 118 valence electrons. The molecule has 0 aliphatic heterocycles. The Morgan fingerprint density at radius 2 is 1.43 bits per heavy atom. The van der Waals surface area contributed by atoms with E-state index in [1.807, 2.05) is 0 Å². The number of fused-ring (bicyclic) bond motifs is 2. The predicted octanol–water partition coefficient (Wildman–Crippen LogP) is 4.48. The van der Waals surface area contributed by atoms with Crippen molar-refractivity contribution in [3.63, 3.8) is 0 Å². The summed E-state index contributed by atoms with van der Waals surface area (Å²) >= 11 is 0. The summed E-state index contributed by atoms with van der Waals surface area (Å²) in [5.41, 5.74) is 0. The van der Waals surface area contributed by atoms with E-state index < -0.39 is 8.07 Å². The van der Waals surface area contributed by atoms with Gasteiger partial charge in [-0.05, 0) is 36.6 Å². The highest BCUT2D eigenvalue weighted by Crippen LogP contribution is 2.45. The largest absolute Gasteiger partial charge is 0.115 e. The van der Waals surface area contributed by atoms with Crippen LogP contribution in [0.4, 0.5) is 0 Å². The molecule has 3 atom stereocenters. The summed E-state index contributed by atoms with van der Waals surface area (Å²) in [6.07, 6.45) is 9.24. The molecule has 2 bridgehead atoms. The van der Waals surface area contributed by atoms with Crippen LogP contribution in [0.1, 0.15) is 19.3 Å². The molecular weight excluding hydrogens is 292 g/mol. The van der Waals surface area contributed by atoms with E-state index in [1.54, 1.807) is 10.4 Å². The van der Waals surface area contributed by atoms with Gasteiger partial charge in [-0.3, -0.25) is 0 Å². The van der Waals surface area contributed by atoms with Gasteiger partial charge >= 0.3 is 0 Å². The maximum Gasteiger partial charge on any atom is 0.115 e. The van der Waals surface area contributed by atoms with Crippen molar-refractivity contribution in [3.05, 3.63) is 72.8 Å². The molecule has 0 heterocycles. The third kappa shape index (κ3) is 2.83. The molecule has 0 nitrogen and oxygen atoms in total. The minimum Gasteiger partial charge on any atom is -0.0851 e. The van der Waals surface area contributed by atoms with Gasteiger partial charge in [-0.15, -0.1) is 0 Å². The summed E-state index contributed by atoms with van der Waals surface area (Å²) in [6, 6.07) is 24.0. The summed E-state index contributed by atoms with van der Waals surface area (Å²) < 4.78 is 0. The average molecular weight is 319 g/mol. The Labute approximate surface area is 141 Å². The minimum atomic E-state index is -1.62. The molecular formula is C22H26Si. The summed E-state index contributed by atoms with van der Waals surface area (Å²) in [4.78, 5) is 0. The first-order valence-electron chi connectivity index (χ1n) is 9.05. The van der Waals surface area contributed by atoms with Crippen molar-refractivity contribution < 1.29 is 0 Å². The van der Waals surface area contributed by atoms with Gasteiger partial charge in [0.2, 0.25) is 0 Å². The van der Waals surface area contributed by atoms with Gasteiger partial charge in [-0.1, -0.05) is 96.2 Å². The van der Waals surface area contributed by atoms with Gasteiger partial charge in [-0.25, -0.2) is 0 Å². The predicted molar refractivity (Wildman–Crippen MR) is 102 cm³/mol. The van der Waals surface area contributed by atoms with E-state index in [2.05, 4.69) is 79.4 Å². The molecule has 0 N–H and O–H groups in total. The highest BCUT2D eigenvalue weighted by Gasteiger charge is 2.38. The molecule has 2 aromatic carbocycles. The molecule has 0 saturated heterocycles. The lowest BCUT2D eigenvalue weighted by Crippen LogP contribution is -2.55. The van der Waals surface area contributed by atoms with Gasteiger partial charge in [0.15, 0.2) is 0 Å². The second-order valence-corrected chi connectivity index (χ2v) is 12.0. The summed E-state index contributed by atoms with van der Waals surface area (Å²) in [6.45, 7) is 2.57. The quantitative estimate of drug-likeness (QED) is 0.563. The fourth-order valence-corrected chi connectivity index (χ4v) is 8.48. The molecule has 2 aliphatic rings. The second-order valence-electron chi connectivity index (χ2n) is 7.64. The SMILES string of the molecule is C[Si](CCC1C[C@@H]2C=CC1C2)(c1ccccc1)c1ccccc1. The molecule has 1 saturated carbocycles. The van der Waals surface area contributed by atoms with E-state index >= 15 is 0 Å². The van der Waals surface area contributed by atoms with Gasteiger partial charge in [0, 0.05) is 0 Å². The normalized spacial score (nSPS) is 25.9. The molecule has 4 rings (SSSR count). The zero-order valence-corrected chi connectivity index (χ0v) is 15.0. The van der Waals surface area contributed by atoms with Crippen LogP contribution in [0.25, 0.3) is 0 Å². The molecule has 0 amide bonds. The summed E-state index contributed by atoms with van der Waals surface area (Å²) in [5, 5.41) is 3.18. The Bertz CT molecular complexity index is 634. The van der Waals surface area contributed by atoms with Gasteiger partial charge in [0.05, 0.1) is 0 Å².